The van der Waals surface area contributed by atoms with Gasteiger partial charge in [0.1, 0.15) is 28.6 Å². The largest absolute Gasteiger partial charge is 0.924 e. The van der Waals surface area contributed by atoms with Crippen LogP contribution in [0, 0.1) is 11.6 Å². The molecule has 254 valence electrons. The minimum atomic E-state index is -4.92. The molecule has 5 heterocycles. The van der Waals surface area contributed by atoms with Crippen molar-refractivity contribution >= 4 is 30.1 Å². The second-order valence-electron chi connectivity index (χ2n) is 11.4. The SMILES string of the molecule is Fc1ccc(C2=C3C=c4oc(-c5ccc(OC(F)(F)F)cc5)cc4=[N+]3[B-](F)(F)[N+]3=C4C=C(c5ccc(OC(F)(F)F)cc5)OC4C=C23)cc1F. The molecule has 4 aliphatic heterocycles. The number of halogens is 10. The average molecular weight is 705 g/mol. The molecule has 8 rings (SSSR count). The number of benzene rings is 3. The first kappa shape index (κ1) is 31.5. The molecule has 17 heteroatoms. The van der Waals surface area contributed by atoms with E-state index in [0.717, 1.165) is 40.9 Å². The molecule has 6 nitrogen and oxygen atoms in total. The molecule has 0 saturated heterocycles. The van der Waals surface area contributed by atoms with Gasteiger partial charge in [0.15, 0.2) is 28.7 Å². The number of furan rings is 1. The van der Waals surface area contributed by atoms with E-state index in [-0.39, 0.29) is 61.7 Å². The number of alkyl halides is 6. The molecule has 0 N–H and O–H groups in total. The highest BCUT2D eigenvalue weighted by Gasteiger charge is 2.68. The summed E-state index contributed by atoms with van der Waals surface area (Å²) in [6, 6.07) is 13.4. The maximum Gasteiger partial charge on any atom is 0.924 e. The summed E-state index contributed by atoms with van der Waals surface area (Å²) in [5, 5.41) is -0.109. The molecule has 3 aromatic carbocycles. The smallest absolute Gasteiger partial charge is 0.474 e. The Hall–Kier alpha value is -5.74. The predicted octanol–water partition coefficient (Wildman–Crippen LogP) is 6.90. The summed E-state index contributed by atoms with van der Waals surface area (Å²) >= 11 is 0. The minimum Gasteiger partial charge on any atom is -0.474 e. The molecule has 1 unspecified atom stereocenters. The molecule has 0 saturated carbocycles. The van der Waals surface area contributed by atoms with Crippen LogP contribution in [0.5, 0.6) is 11.5 Å². The summed E-state index contributed by atoms with van der Waals surface area (Å²) in [6.07, 6.45) is -6.94. The molecule has 0 radical (unpaired) electrons. The van der Waals surface area contributed by atoms with E-state index in [1.165, 1.54) is 54.6 Å². The second kappa shape index (κ2) is 10.6. The topological polar surface area (TPSA) is 46.9 Å². The Kier molecular flexibility index (Phi) is 6.70. The third kappa shape index (κ3) is 5.23. The predicted molar refractivity (Wildman–Crippen MR) is 156 cm³/mol. The van der Waals surface area contributed by atoms with Gasteiger partial charge in [-0.25, -0.2) is 8.78 Å². The molecule has 4 aromatic rings. The molecule has 0 amide bonds. The first-order valence-corrected chi connectivity index (χ1v) is 14.5. The van der Waals surface area contributed by atoms with Crippen LogP contribution in [0.15, 0.2) is 101 Å². The Morgan fingerprint density at radius 2 is 1.28 bits per heavy atom. The van der Waals surface area contributed by atoms with Crippen molar-refractivity contribution in [3.05, 3.63) is 130 Å². The van der Waals surface area contributed by atoms with Crippen LogP contribution in [-0.4, -0.2) is 36.0 Å². The van der Waals surface area contributed by atoms with E-state index in [9.17, 15) is 35.1 Å². The van der Waals surface area contributed by atoms with E-state index in [1.807, 2.05) is 0 Å². The van der Waals surface area contributed by atoms with Gasteiger partial charge in [-0.3, -0.25) is 8.97 Å². The first-order valence-electron chi connectivity index (χ1n) is 14.5. The Bertz CT molecular complexity index is 2370. The van der Waals surface area contributed by atoms with Crippen LogP contribution in [0.1, 0.15) is 11.1 Å². The molecule has 1 aromatic heterocycles. The van der Waals surface area contributed by atoms with Crippen LogP contribution >= 0.6 is 0 Å². The van der Waals surface area contributed by atoms with Crippen molar-refractivity contribution in [3.63, 3.8) is 0 Å². The van der Waals surface area contributed by atoms with Crippen LogP contribution < -0.4 is 24.7 Å². The third-order valence-electron chi connectivity index (χ3n) is 8.29. The Morgan fingerprint density at radius 1 is 0.680 bits per heavy atom. The van der Waals surface area contributed by atoms with Gasteiger partial charge < -0.3 is 27.3 Å². The molecule has 0 fully saturated rings. The van der Waals surface area contributed by atoms with Crippen molar-refractivity contribution in [2.24, 2.45) is 0 Å². The van der Waals surface area contributed by atoms with Gasteiger partial charge in [0.25, 0.3) is 0 Å². The molecular weight excluding hydrogens is 689 g/mol. The Balaban J connectivity index is 1.27. The molecular formula is C33H16BF10N2O4+. The van der Waals surface area contributed by atoms with Gasteiger partial charge in [-0.15, -0.1) is 26.3 Å². The summed E-state index contributed by atoms with van der Waals surface area (Å²) in [4.78, 5) is 0. The monoisotopic (exact) mass is 705 g/mol. The molecule has 0 bridgehead atoms. The number of hydrogen-bond acceptors (Lipinski definition) is 4. The van der Waals surface area contributed by atoms with Gasteiger partial charge in [0, 0.05) is 23.3 Å². The Labute approximate surface area is 273 Å². The van der Waals surface area contributed by atoms with Crippen LogP contribution in [0.2, 0.25) is 0 Å². The lowest BCUT2D eigenvalue weighted by atomic mass is 9.84. The number of rotatable bonds is 5. The summed E-state index contributed by atoms with van der Waals surface area (Å²) in [6.45, 7) is -4.77. The zero-order chi connectivity index (χ0) is 35.3. The number of fused-ring (bicyclic) bond motifs is 4. The molecule has 0 spiro atoms. The van der Waals surface area contributed by atoms with E-state index in [4.69, 9.17) is 9.15 Å². The number of hydrogen-bond donors (Lipinski definition) is 0. The number of nitrogens with zero attached hydrogens (tertiary/aromatic N) is 2. The van der Waals surface area contributed by atoms with Gasteiger partial charge in [-0.1, -0.05) is 6.07 Å². The maximum absolute atomic E-state index is 16.9. The lowest BCUT2D eigenvalue weighted by Crippen LogP contribution is -2.59. The summed E-state index contributed by atoms with van der Waals surface area (Å²) in [5.74, 6) is -3.27. The van der Waals surface area contributed by atoms with Gasteiger partial charge in [0.2, 0.25) is 16.9 Å². The van der Waals surface area contributed by atoms with Crippen molar-refractivity contribution in [1.82, 2.24) is 4.49 Å². The fourth-order valence-corrected chi connectivity index (χ4v) is 6.35. The Morgan fingerprint density at radius 3 is 1.88 bits per heavy atom. The van der Waals surface area contributed by atoms with Crippen molar-refractivity contribution in [3.8, 4) is 22.8 Å². The first-order chi connectivity index (χ1) is 23.6. The molecule has 50 heavy (non-hydrogen) atoms. The van der Waals surface area contributed by atoms with E-state index >= 15 is 8.63 Å². The van der Waals surface area contributed by atoms with Gasteiger partial charge in [0.05, 0.1) is 12.1 Å². The zero-order valence-electron chi connectivity index (χ0n) is 24.6. The van der Waals surface area contributed by atoms with Gasteiger partial charge in [-0.2, -0.15) is 0 Å². The fourth-order valence-electron chi connectivity index (χ4n) is 6.35. The third-order valence-corrected chi connectivity index (χ3v) is 8.29. The lowest BCUT2D eigenvalue weighted by molar-refractivity contribution is -0.362. The molecule has 1 atom stereocenters. The number of ether oxygens (including phenoxy) is 3. The highest BCUT2D eigenvalue weighted by Crippen LogP contribution is 2.44. The zero-order valence-corrected chi connectivity index (χ0v) is 24.6. The van der Waals surface area contributed by atoms with Crippen molar-refractivity contribution in [2.75, 3.05) is 0 Å². The quantitative estimate of drug-likeness (QED) is 0.168. The normalized spacial score (nSPS) is 18.9. The second-order valence-corrected chi connectivity index (χ2v) is 11.4. The van der Waals surface area contributed by atoms with Crippen LogP contribution in [0.25, 0.3) is 28.7 Å². The average Bonchev–Trinajstić information content (AvgIpc) is 3.77. The van der Waals surface area contributed by atoms with Crippen LogP contribution in [0.3, 0.4) is 0 Å². The highest BCUT2D eigenvalue weighted by atomic mass is 19.4. The lowest BCUT2D eigenvalue weighted by Gasteiger charge is -2.26. The summed E-state index contributed by atoms with van der Waals surface area (Å²) < 4.78 is 159. The maximum atomic E-state index is 16.9. The van der Waals surface area contributed by atoms with Gasteiger partial charge in [-0.05, 0) is 66.2 Å². The standard InChI is InChI=1S/C33H16BF10N2O4/c35-21-10-5-18(11-22(21)36)31-25-14-29-23(12-27(47-29)16-1-6-19(7-2-16)49-32(37,38)39)45(25)34(43,44)46-24-13-28(48-30(24)15-26(31)46)17-3-8-20(9-4-17)50-33(40,41)42/h1-15,29H/q+1. The summed E-state index contributed by atoms with van der Waals surface area (Å²) in [5.41, 5.74) is 0.431. The highest BCUT2D eigenvalue weighted by molar-refractivity contribution is 6.58. The van der Waals surface area contributed by atoms with E-state index in [0.29, 0.717) is 4.49 Å². The van der Waals surface area contributed by atoms with Crippen molar-refractivity contribution < 1.29 is 66.9 Å². The fraction of sp³-hybridized carbons (Fsp3) is 0.0909. The number of allylic oxidation sites excluding steroid dienone is 2. The van der Waals surface area contributed by atoms with Crippen molar-refractivity contribution in [2.45, 2.75) is 18.8 Å². The summed E-state index contributed by atoms with van der Waals surface area (Å²) in [7, 11) is 0. The van der Waals surface area contributed by atoms with Crippen LogP contribution in [-0.2, 0) is 4.74 Å². The molecule has 0 aliphatic carbocycles. The van der Waals surface area contributed by atoms with E-state index in [2.05, 4.69) is 9.47 Å². The van der Waals surface area contributed by atoms with Gasteiger partial charge >= 0.3 is 19.7 Å². The van der Waals surface area contributed by atoms with E-state index in [1.54, 1.807) is 0 Å². The molecule has 4 aliphatic rings. The van der Waals surface area contributed by atoms with Crippen molar-refractivity contribution in [1.29, 1.82) is 0 Å². The minimum absolute atomic E-state index is 0.0318. The van der Waals surface area contributed by atoms with E-state index < -0.39 is 48.9 Å². The van der Waals surface area contributed by atoms with Crippen LogP contribution in [0.4, 0.5) is 43.8 Å².